The van der Waals surface area contributed by atoms with Crippen LogP contribution in [0.2, 0.25) is 0 Å². The second-order valence-electron chi connectivity index (χ2n) is 4.80. The number of anilines is 1. The molecule has 0 spiro atoms. The van der Waals surface area contributed by atoms with Crippen molar-refractivity contribution >= 4 is 5.69 Å². The minimum Gasteiger partial charge on any atom is -0.385 e. The molecule has 0 aliphatic carbocycles. The van der Waals surface area contributed by atoms with E-state index in [9.17, 15) is 5.11 Å². The van der Waals surface area contributed by atoms with Crippen molar-refractivity contribution in [2.24, 2.45) is 0 Å². The number of fused-ring (bicyclic) bond motifs is 1. The van der Waals surface area contributed by atoms with Crippen LogP contribution < -0.4 is 5.32 Å². The zero-order valence-corrected chi connectivity index (χ0v) is 9.28. The Morgan fingerprint density at radius 2 is 2.25 bits per heavy atom. The lowest BCUT2D eigenvalue weighted by atomic mass is 9.85. The van der Waals surface area contributed by atoms with Crippen LogP contribution in [0.3, 0.4) is 0 Å². The molecule has 0 aromatic heterocycles. The Morgan fingerprint density at radius 3 is 3.06 bits per heavy atom. The molecule has 1 fully saturated rings. The molecule has 2 aliphatic rings. The van der Waals surface area contributed by atoms with Gasteiger partial charge in [0.15, 0.2) is 0 Å². The van der Waals surface area contributed by atoms with Crippen molar-refractivity contribution in [2.75, 3.05) is 18.5 Å². The third-order valence-electron chi connectivity index (χ3n) is 3.73. The van der Waals surface area contributed by atoms with Crippen molar-refractivity contribution in [2.45, 2.75) is 30.9 Å². The molecule has 3 nitrogen and oxygen atoms in total. The minimum atomic E-state index is -0.673. The molecule has 2 heterocycles. The minimum absolute atomic E-state index is 0.130. The lowest BCUT2D eigenvalue weighted by Crippen LogP contribution is -2.49. The fraction of sp³-hybridized carbons (Fsp3) is 0.538. The third kappa shape index (κ3) is 1.60. The molecular formula is C13H17NO2. The number of hydrogen-bond donors (Lipinski definition) is 2. The van der Waals surface area contributed by atoms with Crippen LogP contribution in [0.5, 0.6) is 0 Å². The summed E-state index contributed by atoms with van der Waals surface area (Å²) in [5.74, 6) is 0. The Hall–Kier alpha value is -1.06. The molecule has 86 valence electrons. The normalized spacial score (nSPS) is 33.2. The summed E-state index contributed by atoms with van der Waals surface area (Å²) >= 11 is 0. The fourth-order valence-corrected chi connectivity index (χ4v) is 2.69. The van der Waals surface area contributed by atoms with Crippen molar-refractivity contribution in [3.8, 4) is 0 Å². The van der Waals surface area contributed by atoms with Crippen molar-refractivity contribution in [3.05, 3.63) is 29.8 Å². The van der Waals surface area contributed by atoms with Gasteiger partial charge in [-0.15, -0.1) is 0 Å². The Labute approximate surface area is 95.4 Å². The van der Waals surface area contributed by atoms with Crippen molar-refractivity contribution in [1.29, 1.82) is 0 Å². The van der Waals surface area contributed by atoms with E-state index in [0.29, 0.717) is 13.2 Å². The van der Waals surface area contributed by atoms with Gasteiger partial charge in [0.25, 0.3) is 0 Å². The zero-order chi connectivity index (χ0) is 11.0. The highest BCUT2D eigenvalue weighted by Crippen LogP contribution is 2.33. The Balaban J connectivity index is 1.82. The second-order valence-corrected chi connectivity index (χ2v) is 4.80. The van der Waals surface area contributed by atoms with Gasteiger partial charge in [-0.05, 0) is 24.5 Å². The Bertz CT molecular complexity index is 385. The Morgan fingerprint density at radius 1 is 1.38 bits per heavy atom. The summed E-state index contributed by atoms with van der Waals surface area (Å²) in [5.41, 5.74) is 1.84. The van der Waals surface area contributed by atoms with E-state index in [1.807, 2.05) is 6.07 Å². The van der Waals surface area contributed by atoms with E-state index in [0.717, 1.165) is 19.3 Å². The quantitative estimate of drug-likeness (QED) is 0.753. The third-order valence-corrected chi connectivity index (χ3v) is 3.73. The number of rotatable bonds is 1. The SMILES string of the molecule is OC1(C2CCc3ccccc3N2)CCOC1. The summed E-state index contributed by atoms with van der Waals surface area (Å²) < 4.78 is 5.31. The zero-order valence-electron chi connectivity index (χ0n) is 9.28. The summed E-state index contributed by atoms with van der Waals surface area (Å²) in [6.07, 6.45) is 2.76. The molecule has 1 aromatic carbocycles. The molecule has 2 N–H and O–H groups in total. The van der Waals surface area contributed by atoms with Gasteiger partial charge >= 0.3 is 0 Å². The van der Waals surface area contributed by atoms with E-state index < -0.39 is 5.60 Å². The van der Waals surface area contributed by atoms with Gasteiger partial charge in [-0.25, -0.2) is 0 Å². The monoisotopic (exact) mass is 219 g/mol. The average molecular weight is 219 g/mol. The summed E-state index contributed by atoms with van der Waals surface area (Å²) in [6, 6.07) is 8.45. The molecule has 0 radical (unpaired) electrons. The molecule has 3 heteroatoms. The van der Waals surface area contributed by atoms with E-state index in [-0.39, 0.29) is 6.04 Å². The maximum absolute atomic E-state index is 10.5. The van der Waals surface area contributed by atoms with Crippen LogP contribution >= 0.6 is 0 Å². The molecule has 2 atom stereocenters. The van der Waals surface area contributed by atoms with Gasteiger partial charge in [-0.3, -0.25) is 0 Å². The van der Waals surface area contributed by atoms with E-state index in [1.54, 1.807) is 0 Å². The van der Waals surface area contributed by atoms with Gasteiger partial charge in [0, 0.05) is 18.7 Å². The second kappa shape index (κ2) is 3.75. The predicted octanol–water partition coefficient (Wildman–Crippen LogP) is 1.56. The maximum Gasteiger partial charge on any atom is 0.110 e. The largest absolute Gasteiger partial charge is 0.385 e. The standard InChI is InChI=1S/C13H17NO2/c15-13(7-8-16-9-13)12-6-5-10-3-1-2-4-11(10)14-12/h1-4,12,14-15H,5-9H2. The van der Waals surface area contributed by atoms with Gasteiger partial charge in [0.05, 0.1) is 12.6 Å². The van der Waals surface area contributed by atoms with Crippen LogP contribution in [0.25, 0.3) is 0 Å². The van der Waals surface area contributed by atoms with Gasteiger partial charge in [-0.1, -0.05) is 18.2 Å². The first-order valence-corrected chi connectivity index (χ1v) is 5.92. The molecule has 0 amide bonds. The van der Waals surface area contributed by atoms with E-state index in [2.05, 4.69) is 23.5 Å². The molecule has 1 saturated heterocycles. The molecular weight excluding hydrogens is 202 g/mol. The number of nitrogens with one attached hydrogen (secondary N) is 1. The van der Waals surface area contributed by atoms with Crippen LogP contribution in [0.4, 0.5) is 5.69 Å². The van der Waals surface area contributed by atoms with Crippen LogP contribution in [0, 0.1) is 0 Å². The lowest BCUT2D eigenvalue weighted by molar-refractivity contribution is 0.00709. The molecule has 1 aromatic rings. The number of ether oxygens (including phenoxy) is 1. The maximum atomic E-state index is 10.5. The molecule has 0 saturated carbocycles. The van der Waals surface area contributed by atoms with Crippen LogP contribution in [0.1, 0.15) is 18.4 Å². The number of aliphatic hydroxyl groups is 1. The number of hydrogen-bond acceptors (Lipinski definition) is 3. The van der Waals surface area contributed by atoms with Crippen molar-refractivity contribution < 1.29 is 9.84 Å². The number of benzene rings is 1. The van der Waals surface area contributed by atoms with Gasteiger partial charge in [-0.2, -0.15) is 0 Å². The first-order chi connectivity index (χ1) is 7.78. The van der Waals surface area contributed by atoms with E-state index >= 15 is 0 Å². The van der Waals surface area contributed by atoms with Gasteiger partial charge in [0.1, 0.15) is 5.60 Å². The summed E-state index contributed by atoms with van der Waals surface area (Å²) in [4.78, 5) is 0. The van der Waals surface area contributed by atoms with Crippen LogP contribution in [-0.4, -0.2) is 30.0 Å². The predicted molar refractivity (Wildman–Crippen MR) is 62.6 cm³/mol. The highest BCUT2D eigenvalue weighted by atomic mass is 16.5. The fourth-order valence-electron chi connectivity index (χ4n) is 2.69. The smallest absolute Gasteiger partial charge is 0.110 e. The van der Waals surface area contributed by atoms with Crippen LogP contribution in [0.15, 0.2) is 24.3 Å². The van der Waals surface area contributed by atoms with Crippen molar-refractivity contribution in [1.82, 2.24) is 0 Å². The highest BCUT2D eigenvalue weighted by molar-refractivity contribution is 5.54. The topological polar surface area (TPSA) is 41.5 Å². The lowest BCUT2D eigenvalue weighted by Gasteiger charge is -2.36. The molecule has 2 unspecified atom stereocenters. The van der Waals surface area contributed by atoms with Gasteiger partial charge < -0.3 is 15.2 Å². The first-order valence-electron chi connectivity index (χ1n) is 5.92. The van der Waals surface area contributed by atoms with Gasteiger partial charge in [0.2, 0.25) is 0 Å². The first kappa shape index (κ1) is 10.1. The molecule has 3 rings (SSSR count). The van der Waals surface area contributed by atoms with Crippen molar-refractivity contribution in [3.63, 3.8) is 0 Å². The molecule has 2 aliphatic heterocycles. The van der Waals surface area contributed by atoms with E-state index in [4.69, 9.17) is 4.74 Å². The molecule has 16 heavy (non-hydrogen) atoms. The summed E-state index contributed by atoms with van der Waals surface area (Å²) in [6.45, 7) is 1.14. The Kier molecular flexibility index (Phi) is 2.37. The summed E-state index contributed by atoms with van der Waals surface area (Å²) in [5, 5.41) is 13.9. The number of para-hydroxylation sites is 1. The summed E-state index contributed by atoms with van der Waals surface area (Å²) in [7, 11) is 0. The number of aryl methyl sites for hydroxylation is 1. The average Bonchev–Trinajstić information content (AvgIpc) is 2.77. The highest BCUT2D eigenvalue weighted by Gasteiger charge is 2.41. The molecule has 0 bridgehead atoms. The van der Waals surface area contributed by atoms with Crippen LogP contribution in [-0.2, 0) is 11.2 Å². The van der Waals surface area contributed by atoms with E-state index in [1.165, 1.54) is 11.3 Å².